The van der Waals surface area contributed by atoms with Gasteiger partial charge in [-0.1, -0.05) is 42.5 Å². The first kappa shape index (κ1) is 16.6. The van der Waals surface area contributed by atoms with E-state index in [1.165, 1.54) is 0 Å². The Morgan fingerprint density at radius 1 is 1.12 bits per heavy atom. The number of ether oxygens (including phenoxy) is 2. The number of methoxy groups -OCH3 is 1. The molecule has 3 rings (SSSR count). The van der Waals surface area contributed by atoms with Crippen molar-refractivity contribution in [3.05, 3.63) is 65.9 Å². The third-order valence-electron chi connectivity index (χ3n) is 3.75. The molecule has 0 radical (unpaired) electrons. The first-order chi connectivity index (χ1) is 12.2. The van der Waals surface area contributed by atoms with E-state index in [1.807, 2.05) is 61.5 Å². The number of rotatable bonds is 5. The van der Waals surface area contributed by atoms with Crippen LogP contribution in [0.2, 0.25) is 0 Å². The zero-order chi connectivity index (χ0) is 17.6. The minimum absolute atomic E-state index is 0.202. The molecular weight excluding hydrogens is 318 g/mol. The summed E-state index contributed by atoms with van der Waals surface area (Å²) in [5, 5.41) is 9.95. The number of para-hydroxylation sites is 1. The van der Waals surface area contributed by atoms with Gasteiger partial charge in [-0.15, -0.1) is 0 Å². The average molecular weight is 337 g/mol. The number of hydrogen-bond acceptors (Lipinski definition) is 4. The van der Waals surface area contributed by atoms with Gasteiger partial charge in [0.25, 0.3) is 0 Å². The van der Waals surface area contributed by atoms with Crippen LogP contribution >= 0.6 is 0 Å². The van der Waals surface area contributed by atoms with Gasteiger partial charge in [0, 0.05) is 5.56 Å². The van der Waals surface area contributed by atoms with E-state index in [0.717, 1.165) is 16.8 Å². The van der Waals surface area contributed by atoms with Gasteiger partial charge in [0.1, 0.15) is 18.1 Å². The Morgan fingerprint density at radius 2 is 1.84 bits per heavy atom. The van der Waals surface area contributed by atoms with Crippen LogP contribution in [0.3, 0.4) is 0 Å². The second-order valence-corrected chi connectivity index (χ2v) is 5.46. The molecule has 3 aromatic rings. The second kappa shape index (κ2) is 7.53. The lowest BCUT2D eigenvalue weighted by atomic mass is 10.1. The van der Waals surface area contributed by atoms with E-state index < -0.39 is 6.09 Å². The minimum Gasteiger partial charge on any atom is -0.496 e. The zero-order valence-electron chi connectivity index (χ0n) is 14.1. The lowest BCUT2D eigenvalue weighted by Gasteiger charge is -2.10. The number of benzene rings is 2. The molecule has 128 valence electrons. The highest BCUT2D eigenvalue weighted by atomic mass is 16.5. The highest BCUT2D eigenvalue weighted by molar-refractivity contribution is 5.92. The van der Waals surface area contributed by atoms with Crippen molar-refractivity contribution >= 4 is 11.8 Å². The van der Waals surface area contributed by atoms with Crippen molar-refractivity contribution in [2.24, 2.45) is 0 Å². The van der Waals surface area contributed by atoms with E-state index in [0.29, 0.717) is 17.1 Å². The van der Waals surface area contributed by atoms with E-state index in [4.69, 9.17) is 9.47 Å². The largest absolute Gasteiger partial charge is 0.496 e. The number of aromatic amines is 1. The molecule has 6 nitrogen and oxygen atoms in total. The van der Waals surface area contributed by atoms with Gasteiger partial charge in [-0.3, -0.25) is 10.4 Å². The van der Waals surface area contributed by atoms with E-state index in [-0.39, 0.29) is 6.61 Å². The highest BCUT2D eigenvalue weighted by Crippen LogP contribution is 2.34. The normalized spacial score (nSPS) is 10.3. The number of aryl methyl sites for hydroxylation is 1. The van der Waals surface area contributed by atoms with Crippen molar-refractivity contribution in [3.8, 4) is 17.0 Å². The van der Waals surface area contributed by atoms with E-state index in [2.05, 4.69) is 15.5 Å². The third kappa shape index (κ3) is 3.80. The van der Waals surface area contributed by atoms with Crippen LogP contribution in [0.15, 0.2) is 54.6 Å². The number of nitrogens with one attached hydrogen (secondary N) is 2. The molecule has 6 heteroatoms. The minimum atomic E-state index is -0.537. The number of carbonyl (C=O) groups is 1. The van der Waals surface area contributed by atoms with Crippen LogP contribution in [0.1, 0.15) is 11.3 Å². The lowest BCUT2D eigenvalue weighted by Crippen LogP contribution is -2.14. The molecule has 0 spiro atoms. The van der Waals surface area contributed by atoms with Crippen LogP contribution in [0.5, 0.6) is 5.75 Å². The maximum Gasteiger partial charge on any atom is 0.412 e. The third-order valence-corrected chi connectivity index (χ3v) is 3.75. The van der Waals surface area contributed by atoms with Gasteiger partial charge >= 0.3 is 6.09 Å². The SMILES string of the molecule is COc1ccccc1-c1n[nH]c(C)c1NC(=O)OCc1ccccc1. The fourth-order valence-corrected chi connectivity index (χ4v) is 2.48. The first-order valence-electron chi connectivity index (χ1n) is 7.85. The molecule has 1 aromatic heterocycles. The summed E-state index contributed by atoms with van der Waals surface area (Å²) in [6.45, 7) is 2.03. The quantitative estimate of drug-likeness (QED) is 0.733. The summed E-state index contributed by atoms with van der Waals surface area (Å²) in [4.78, 5) is 12.2. The number of hydrogen-bond donors (Lipinski definition) is 2. The Hall–Kier alpha value is -3.28. The Bertz CT molecular complexity index is 859. The van der Waals surface area contributed by atoms with Gasteiger partial charge in [0.15, 0.2) is 0 Å². The van der Waals surface area contributed by atoms with Crippen LogP contribution < -0.4 is 10.1 Å². The summed E-state index contributed by atoms with van der Waals surface area (Å²) < 4.78 is 10.7. The molecule has 1 amide bonds. The zero-order valence-corrected chi connectivity index (χ0v) is 14.1. The molecule has 0 atom stereocenters. The summed E-state index contributed by atoms with van der Waals surface area (Å²) in [7, 11) is 1.60. The Labute approximate surface area is 145 Å². The molecule has 0 aliphatic carbocycles. The molecule has 0 fully saturated rings. The molecular formula is C19H19N3O3. The number of amides is 1. The molecule has 2 N–H and O–H groups in total. The maximum atomic E-state index is 12.2. The van der Waals surface area contributed by atoms with E-state index in [1.54, 1.807) is 7.11 Å². The summed E-state index contributed by atoms with van der Waals surface area (Å²) >= 11 is 0. The highest BCUT2D eigenvalue weighted by Gasteiger charge is 2.18. The van der Waals surface area contributed by atoms with Crippen molar-refractivity contribution in [1.29, 1.82) is 0 Å². The fraction of sp³-hybridized carbons (Fsp3) is 0.158. The van der Waals surface area contributed by atoms with Gasteiger partial charge < -0.3 is 9.47 Å². The number of aromatic nitrogens is 2. The van der Waals surface area contributed by atoms with Crippen molar-refractivity contribution in [3.63, 3.8) is 0 Å². The molecule has 0 aliphatic rings. The monoisotopic (exact) mass is 337 g/mol. The number of anilines is 1. The molecule has 0 saturated carbocycles. The van der Waals surface area contributed by atoms with Crippen LogP contribution in [-0.4, -0.2) is 23.4 Å². The van der Waals surface area contributed by atoms with Crippen LogP contribution in [0.4, 0.5) is 10.5 Å². The number of nitrogens with zero attached hydrogens (tertiary/aromatic N) is 1. The van der Waals surface area contributed by atoms with Crippen LogP contribution in [0.25, 0.3) is 11.3 Å². The van der Waals surface area contributed by atoms with Gasteiger partial charge in [0.2, 0.25) is 0 Å². The van der Waals surface area contributed by atoms with E-state index >= 15 is 0 Å². The predicted octanol–water partition coefficient (Wildman–Crippen LogP) is 4.14. The molecule has 0 unspecified atom stereocenters. The maximum absolute atomic E-state index is 12.2. The van der Waals surface area contributed by atoms with Crippen molar-refractivity contribution < 1.29 is 14.3 Å². The molecule has 0 aliphatic heterocycles. The van der Waals surface area contributed by atoms with Gasteiger partial charge in [-0.05, 0) is 24.6 Å². The van der Waals surface area contributed by atoms with Gasteiger partial charge in [-0.25, -0.2) is 4.79 Å². The first-order valence-corrected chi connectivity index (χ1v) is 7.85. The lowest BCUT2D eigenvalue weighted by molar-refractivity contribution is 0.155. The summed E-state index contributed by atoms with van der Waals surface area (Å²) in [5.74, 6) is 0.676. The van der Waals surface area contributed by atoms with Gasteiger partial charge in [-0.2, -0.15) is 5.10 Å². The number of H-pyrrole nitrogens is 1. The number of carbonyl (C=O) groups excluding carboxylic acids is 1. The van der Waals surface area contributed by atoms with Crippen molar-refractivity contribution in [2.75, 3.05) is 12.4 Å². The fourth-order valence-electron chi connectivity index (χ4n) is 2.48. The van der Waals surface area contributed by atoms with Gasteiger partial charge in [0.05, 0.1) is 18.5 Å². The summed E-state index contributed by atoms with van der Waals surface area (Å²) in [5.41, 5.74) is 3.62. The summed E-state index contributed by atoms with van der Waals surface area (Å²) in [6.07, 6.45) is -0.537. The topological polar surface area (TPSA) is 76.2 Å². The molecule has 2 aromatic carbocycles. The summed E-state index contributed by atoms with van der Waals surface area (Å²) in [6, 6.07) is 17.0. The Balaban J connectivity index is 1.77. The van der Waals surface area contributed by atoms with E-state index in [9.17, 15) is 4.79 Å². The molecule has 0 bridgehead atoms. The Kier molecular flexibility index (Phi) is 4.99. The standard InChI is InChI=1S/C19H19N3O3/c1-13-17(20-19(23)25-12-14-8-4-3-5-9-14)18(22-21-13)15-10-6-7-11-16(15)24-2/h3-11H,12H2,1-2H3,(H,20,23)(H,21,22). The van der Waals surface area contributed by atoms with Crippen molar-refractivity contribution in [2.45, 2.75) is 13.5 Å². The Morgan fingerprint density at radius 3 is 2.60 bits per heavy atom. The van der Waals surface area contributed by atoms with Crippen LogP contribution in [0, 0.1) is 6.92 Å². The average Bonchev–Trinajstić information content (AvgIpc) is 3.01. The molecule has 25 heavy (non-hydrogen) atoms. The van der Waals surface area contributed by atoms with Crippen LogP contribution in [-0.2, 0) is 11.3 Å². The smallest absolute Gasteiger partial charge is 0.412 e. The van der Waals surface area contributed by atoms with Crippen molar-refractivity contribution in [1.82, 2.24) is 10.2 Å². The second-order valence-electron chi connectivity index (χ2n) is 5.46. The predicted molar refractivity (Wildman–Crippen MR) is 95.6 cm³/mol. The molecule has 0 saturated heterocycles. The molecule has 1 heterocycles.